The normalized spacial score (nSPS) is 14.4. The SMILES string of the molecule is Cc1cc(C)c2c(n1)CN(C(=O)Cl)C2. The summed E-state index contributed by atoms with van der Waals surface area (Å²) in [6, 6.07) is 2.03. The smallest absolute Gasteiger partial charge is 0.317 e. The first-order chi connectivity index (χ1) is 6.58. The molecular formula is C10H11ClN2O. The summed E-state index contributed by atoms with van der Waals surface area (Å²) in [5.41, 5.74) is 4.30. The van der Waals surface area contributed by atoms with Gasteiger partial charge in [-0.3, -0.25) is 9.78 Å². The van der Waals surface area contributed by atoms with E-state index in [1.54, 1.807) is 4.90 Å². The summed E-state index contributed by atoms with van der Waals surface area (Å²) in [5, 5.41) is -0.403. The summed E-state index contributed by atoms with van der Waals surface area (Å²) in [7, 11) is 0. The van der Waals surface area contributed by atoms with Crippen LogP contribution in [0.3, 0.4) is 0 Å². The number of aryl methyl sites for hydroxylation is 2. The number of pyridine rings is 1. The summed E-state index contributed by atoms with van der Waals surface area (Å²) in [6.07, 6.45) is 0. The molecule has 0 aromatic carbocycles. The van der Waals surface area contributed by atoms with Gasteiger partial charge in [0.25, 0.3) is 0 Å². The van der Waals surface area contributed by atoms with Crippen molar-refractivity contribution >= 4 is 17.0 Å². The molecule has 0 saturated heterocycles. The molecule has 1 aromatic rings. The first-order valence-electron chi connectivity index (χ1n) is 4.48. The second-order valence-electron chi connectivity index (χ2n) is 3.61. The molecule has 14 heavy (non-hydrogen) atoms. The Morgan fingerprint density at radius 2 is 2.21 bits per heavy atom. The van der Waals surface area contributed by atoms with E-state index in [0.717, 1.165) is 17.0 Å². The lowest BCUT2D eigenvalue weighted by molar-refractivity contribution is 0.222. The van der Waals surface area contributed by atoms with Crippen molar-refractivity contribution in [3.8, 4) is 0 Å². The van der Waals surface area contributed by atoms with Crippen LogP contribution in [0.15, 0.2) is 6.07 Å². The lowest BCUT2D eigenvalue weighted by Gasteiger charge is -2.08. The van der Waals surface area contributed by atoms with E-state index in [4.69, 9.17) is 11.6 Å². The molecule has 0 bridgehead atoms. The third-order valence-electron chi connectivity index (χ3n) is 2.50. The highest BCUT2D eigenvalue weighted by Crippen LogP contribution is 2.25. The van der Waals surface area contributed by atoms with Crippen LogP contribution in [0.2, 0.25) is 0 Å². The monoisotopic (exact) mass is 210 g/mol. The molecule has 2 rings (SSSR count). The third-order valence-corrected chi connectivity index (χ3v) is 2.74. The zero-order valence-corrected chi connectivity index (χ0v) is 8.93. The highest BCUT2D eigenvalue weighted by atomic mass is 35.5. The first kappa shape index (κ1) is 9.46. The van der Waals surface area contributed by atoms with E-state index < -0.39 is 5.37 Å². The number of nitrogens with zero attached hydrogens (tertiary/aromatic N) is 2. The van der Waals surface area contributed by atoms with Crippen molar-refractivity contribution in [2.24, 2.45) is 0 Å². The topological polar surface area (TPSA) is 33.2 Å². The van der Waals surface area contributed by atoms with E-state index >= 15 is 0 Å². The van der Waals surface area contributed by atoms with Crippen LogP contribution in [0.1, 0.15) is 22.5 Å². The van der Waals surface area contributed by atoms with Crippen LogP contribution in [0.5, 0.6) is 0 Å². The second-order valence-corrected chi connectivity index (χ2v) is 3.94. The number of fused-ring (bicyclic) bond motifs is 1. The van der Waals surface area contributed by atoms with Crippen molar-refractivity contribution in [3.63, 3.8) is 0 Å². The van der Waals surface area contributed by atoms with Crippen LogP contribution >= 0.6 is 11.6 Å². The molecule has 4 heteroatoms. The molecule has 1 aliphatic heterocycles. The van der Waals surface area contributed by atoms with Crippen molar-refractivity contribution < 1.29 is 4.79 Å². The Kier molecular flexibility index (Phi) is 2.19. The minimum absolute atomic E-state index is 0.403. The fourth-order valence-electron chi connectivity index (χ4n) is 1.84. The summed E-state index contributed by atoms with van der Waals surface area (Å²) in [5.74, 6) is 0. The summed E-state index contributed by atoms with van der Waals surface area (Å²) < 4.78 is 0. The number of carbonyl (C=O) groups excluding carboxylic acids is 1. The van der Waals surface area contributed by atoms with Gasteiger partial charge in [-0.1, -0.05) is 0 Å². The molecule has 0 unspecified atom stereocenters. The van der Waals surface area contributed by atoms with E-state index in [0.29, 0.717) is 13.1 Å². The van der Waals surface area contributed by atoms with Crippen LogP contribution < -0.4 is 0 Å². The molecule has 74 valence electrons. The maximum atomic E-state index is 11.0. The van der Waals surface area contributed by atoms with Gasteiger partial charge in [-0.05, 0) is 42.6 Å². The van der Waals surface area contributed by atoms with Gasteiger partial charge in [0.1, 0.15) is 0 Å². The van der Waals surface area contributed by atoms with Crippen LogP contribution in [0.4, 0.5) is 4.79 Å². The third kappa shape index (κ3) is 1.48. The summed E-state index contributed by atoms with van der Waals surface area (Å²) in [6.45, 7) is 5.13. The average molecular weight is 211 g/mol. The van der Waals surface area contributed by atoms with Gasteiger partial charge in [0.2, 0.25) is 0 Å². The number of rotatable bonds is 0. The minimum Gasteiger partial charge on any atom is -0.319 e. The molecule has 1 aromatic heterocycles. The first-order valence-corrected chi connectivity index (χ1v) is 4.86. The maximum Gasteiger partial charge on any atom is 0.317 e. The van der Waals surface area contributed by atoms with Crippen molar-refractivity contribution in [1.29, 1.82) is 0 Å². The predicted molar refractivity (Wildman–Crippen MR) is 54.2 cm³/mol. The molecule has 3 nitrogen and oxygen atoms in total. The molecular weight excluding hydrogens is 200 g/mol. The summed E-state index contributed by atoms with van der Waals surface area (Å²) >= 11 is 5.43. The fourth-order valence-corrected chi connectivity index (χ4v) is 1.96. The molecule has 1 amide bonds. The maximum absolute atomic E-state index is 11.0. The number of carbonyl (C=O) groups is 1. The number of halogens is 1. The zero-order chi connectivity index (χ0) is 10.3. The molecule has 0 saturated carbocycles. The van der Waals surface area contributed by atoms with Gasteiger partial charge < -0.3 is 4.90 Å². The Bertz CT molecular complexity index is 403. The molecule has 0 radical (unpaired) electrons. The molecule has 0 spiro atoms. The largest absolute Gasteiger partial charge is 0.319 e. The standard InChI is InChI=1S/C10H11ClN2O/c1-6-3-7(2)12-9-5-13(10(11)14)4-8(6)9/h3H,4-5H2,1-2H3. The number of hydrogen-bond donors (Lipinski definition) is 0. The van der Waals surface area contributed by atoms with Crippen molar-refractivity contribution in [3.05, 3.63) is 28.6 Å². The average Bonchev–Trinajstić information content (AvgIpc) is 2.47. The quantitative estimate of drug-likeness (QED) is 0.487. The Hall–Kier alpha value is -1.09. The Morgan fingerprint density at radius 3 is 2.86 bits per heavy atom. The molecule has 0 aliphatic carbocycles. The predicted octanol–water partition coefficient (Wildman–Crippen LogP) is 2.37. The fraction of sp³-hybridized carbons (Fsp3) is 0.400. The number of hydrogen-bond acceptors (Lipinski definition) is 2. The van der Waals surface area contributed by atoms with Crippen LogP contribution in [0.25, 0.3) is 0 Å². The van der Waals surface area contributed by atoms with Crippen molar-refractivity contribution in [1.82, 2.24) is 9.88 Å². The molecule has 0 fully saturated rings. The molecule has 0 atom stereocenters. The van der Waals surface area contributed by atoms with E-state index in [9.17, 15) is 4.79 Å². The summed E-state index contributed by atoms with van der Waals surface area (Å²) in [4.78, 5) is 17.0. The Morgan fingerprint density at radius 1 is 1.50 bits per heavy atom. The van der Waals surface area contributed by atoms with Crippen molar-refractivity contribution in [2.75, 3.05) is 0 Å². The van der Waals surface area contributed by atoms with Gasteiger partial charge in [0.05, 0.1) is 12.2 Å². The van der Waals surface area contributed by atoms with E-state index in [1.807, 2.05) is 19.9 Å². The Labute approximate surface area is 87.7 Å². The Balaban J connectivity index is 2.39. The van der Waals surface area contributed by atoms with Gasteiger partial charge in [0.15, 0.2) is 0 Å². The van der Waals surface area contributed by atoms with Gasteiger partial charge in [-0.15, -0.1) is 0 Å². The van der Waals surface area contributed by atoms with E-state index in [2.05, 4.69) is 4.98 Å². The van der Waals surface area contributed by atoms with Crippen LogP contribution in [-0.2, 0) is 13.1 Å². The number of amides is 1. The van der Waals surface area contributed by atoms with Crippen molar-refractivity contribution in [2.45, 2.75) is 26.9 Å². The van der Waals surface area contributed by atoms with Crippen LogP contribution in [-0.4, -0.2) is 15.3 Å². The van der Waals surface area contributed by atoms with Gasteiger partial charge in [-0.2, -0.15) is 0 Å². The highest BCUT2D eigenvalue weighted by molar-refractivity contribution is 6.62. The van der Waals surface area contributed by atoms with E-state index in [1.165, 1.54) is 5.56 Å². The van der Waals surface area contributed by atoms with Gasteiger partial charge in [-0.25, -0.2) is 0 Å². The molecule has 1 aliphatic rings. The molecule has 0 N–H and O–H groups in total. The van der Waals surface area contributed by atoms with E-state index in [-0.39, 0.29) is 0 Å². The number of aromatic nitrogens is 1. The second kappa shape index (κ2) is 3.24. The van der Waals surface area contributed by atoms with Gasteiger partial charge >= 0.3 is 5.37 Å². The highest BCUT2D eigenvalue weighted by Gasteiger charge is 2.24. The lowest BCUT2D eigenvalue weighted by atomic mass is 10.1. The van der Waals surface area contributed by atoms with Gasteiger partial charge in [0, 0.05) is 12.2 Å². The minimum atomic E-state index is -0.403. The van der Waals surface area contributed by atoms with Crippen LogP contribution in [0, 0.1) is 13.8 Å². The molecule has 2 heterocycles. The lowest BCUT2D eigenvalue weighted by Crippen LogP contribution is -2.18. The zero-order valence-electron chi connectivity index (χ0n) is 8.17.